The molecule has 9 heteroatoms. The second kappa shape index (κ2) is 10.7. The predicted octanol–water partition coefficient (Wildman–Crippen LogP) is 5.73. The molecule has 3 heterocycles. The summed E-state index contributed by atoms with van der Waals surface area (Å²) < 4.78 is 1.80. The van der Waals surface area contributed by atoms with Crippen LogP contribution in [0.4, 0.5) is 0 Å². The number of hydrogen-bond acceptors (Lipinski definition) is 6. The Morgan fingerprint density at radius 2 is 1.79 bits per heavy atom. The Hall–Kier alpha value is -3.88. The molecule has 1 atom stereocenters. The number of fused-ring (bicyclic) bond motifs is 1. The van der Waals surface area contributed by atoms with Crippen LogP contribution in [0.25, 0.3) is 10.9 Å². The van der Waals surface area contributed by atoms with Crippen LogP contribution in [0.5, 0.6) is 0 Å². The lowest BCUT2D eigenvalue weighted by Gasteiger charge is -2.33. The molecule has 0 unspecified atom stereocenters. The lowest BCUT2D eigenvalue weighted by Crippen LogP contribution is -2.37. The quantitative estimate of drug-likeness (QED) is 0.283. The predicted molar refractivity (Wildman–Crippen MR) is 154 cm³/mol. The minimum Gasteiger partial charge on any atom is -0.322 e. The second-order valence-electron chi connectivity index (χ2n) is 11.0. The van der Waals surface area contributed by atoms with E-state index in [4.69, 9.17) is 11.6 Å². The number of rotatable bonds is 7. The molecule has 0 radical (unpaired) electrons. The van der Waals surface area contributed by atoms with E-state index >= 15 is 0 Å². The Morgan fingerprint density at radius 3 is 2.51 bits per heavy atom. The number of nitrogens with zero attached hydrogens (tertiary/aromatic N) is 6. The van der Waals surface area contributed by atoms with Crippen LogP contribution in [-0.4, -0.2) is 35.1 Å². The third-order valence-electron chi connectivity index (χ3n) is 6.96. The van der Waals surface area contributed by atoms with Crippen LogP contribution in [0.15, 0.2) is 71.8 Å². The van der Waals surface area contributed by atoms with Gasteiger partial charge in [0.05, 0.1) is 5.54 Å². The zero-order valence-electron chi connectivity index (χ0n) is 22.8. The summed E-state index contributed by atoms with van der Waals surface area (Å²) >= 11 is 6.64. The van der Waals surface area contributed by atoms with Gasteiger partial charge < -0.3 is 4.98 Å². The van der Waals surface area contributed by atoms with Crippen LogP contribution in [0.3, 0.4) is 0 Å². The lowest BCUT2D eigenvalue weighted by atomic mass is 9.99. The SMILES string of the molecule is Cc1cc2cc([C@@H](c3nnnn3C(C)(C)C)N(Cc3cccnc3)Cc3ccccc3Cl)c(=O)[nH]c2cc1C. The van der Waals surface area contributed by atoms with Crippen LogP contribution in [-0.2, 0) is 18.6 Å². The Morgan fingerprint density at radius 1 is 1.03 bits per heavy atom. The number of benzene rings is 2. The zero-order chi connectivity index (χ0) is 27.7. The van der Waals surface area contributed by atoms with E-state index in [0.717, 1.165) is 33.2 Å². The number of aromatic amines is 1. The average Bonchev–Trinajstić information content (AvgIpc) is 3.38. The number of halogens is 1. The third kappa shape index (κ3) is 5.62. The maximum Gasteiger partial charge on any atom is 0.253 e. The van der Waals surface area contributed by atoms with Crippen molar-refractivity contribution in [3.05, 3.63) is 116 Å². The normalized spacial score (nSPS) is 12.8. The Balaban J connectivity index is 1.76. The molecule has 5 aromatic rings. The number of tetrazole rings is 1. The molecule has 0 spiro atoms. The highest BCUT2D eigenvalue weighted by molar-refractivity contribution is 6.31. The van der Waals surface area contributed by atoms with Crippen molar-refractivity contribution < 1.29 is 0 Å². The first kappa shape index (κ1) is 26.7. The third-order valence-corrected chi connectivity index (χ3v) is 7.33. The highest BCUT2D eigenvalue weighted by atomic mass is 35.5. The number of pyridine rings is 2. The van der Waals surface area contributed by atoms with Gasteiger partial charge in [0.25, 0.3) is 5.56 Å². The first-order valence-corrected chi connectivity index (χ1v) is 13.3. The van der Waals surface area contributed by atoms with E-state index in [1.807, 2.05) is 82.4 Å². The maximum atomic E-state index is 13.8. The Labute approximate surface area is 232 Å². The molecule has 0 aliphatic heterocycles. The molecule has 0 aliphatic carbocycles. The van der Waals surface area contributed by atoms with Gasteiger partial charge in [0.15, 0.2) is 5.82 Å². The standard InChI is InChI=1S/C30H32ClN7O/c1-19-13-23-15-24(29(39)33-26(23)14-20(19)2)27(28-34-35-36-38(28)30(3,4)5)37(17-21-9-8-12-32-16-21)18-22-10-6-7-11-25(22)31/h6-16,27H,17-18H2,1-5H3,(H,33,39)/t27-/m0/s1. The smallest absolute Gasteiger partial charge is 0.253 e. The van der Waals surface area contributed by atoms with Crippen LogP contribution in [0.2, 0.25) is 5.02 Å². The van der Waals surface area contributed by atoms with Crippen molar-refractivity contribution in [1.29, 1.82) is 0 Å². The van der Waals surface area contributed by atoms with Crippen molar-refractivity contribution >= 4 is 22.5 Å². The average molecular weight is 542 g/mol. The van der Waals surface area contributed by atoms with Gasteiger partial charge in [0.2, 0.25) is 0 Å². The fourth-order valence-corrected chi connectivity index (χ4v) is 5.04. The molecule has 2 aromatic carbocycles. The Kier molecular flexibility index (Phi) is 7.34. The highest BCUT2D eigenvalue weighted by Crippen LogP contribution is 2.33. The van der Waals surface area contributed by atoms with E-state index in [9.17, 15) is 4.79 Å². The first-order valence-electron chi connectivity index (χ1n) is 12.9. The van der Waals surface area contributed by atoms with Crippen LogP contribution in [0.1, 0.15) is 60.5 Å². The number of aromatic nitrogens is 6. The second-order valence-corrected chi connectivity index (χ2v) is 11.4. The van der Waals surface area contributed by atoms with Crippen LogP contribution >= 0.6 is 11.6 Å². The van der Waals surface area contributed by atoms with Gasteiger partial charge in [0.1, 0.15) is 6.04 Å². The van der Waals surface area contributed by atoms with Crippen molar-refractivity contribution in [2.75, 3.05) is 0 Å². The summed E-state index contributed by atoms with van der Waals surface area (Å²) in [6, 6.07) is 17.2. The van der Waals surface area contributed by atoms with Crippen LogP contribution in [0, 0.1) is 13.8 Å². The number of aryl methyl sites for hydroxylation is 2. The monoisotopic (exact) mass is 541 g/mol. The van der Waals surface area contributed by atoms with Gasteiger partial charge in [-0.25, -0.2) is 4.68 Å². The summed E-state index contributed by atoms with van der Waals surface area (Å²) in [4.78, 5) is 23.4. The summed E-state index contributed by atoms with van der Waals surface area (Å²) in [6.45, 7) is 11.2. The zero-order valence-corrected chi connectivity index (χ0v) is 23.6. The molecule has 8 nitrogen and oxygen atoms in total. The van der Waals surface area contributed by atoms with E-state index in [0.29, 0.717) is 29.5 Å². The molecular weight excluding hydrogens is 510 g/mol. The van der Waals surface area contributed by atoms with Gasteiger partial charge in [-0.1, -0.05) is 35.9 Å². The summed E-state index contributed by atoms with van der Waals surface area (Å²) in [6.07, 6.45) is 3.58. The maximum absolute atomic E-state index is 13.8. The molecule has 0 saturated heterocycles. The minimum absolute atomic E-state index is 0.186. The summed E-state index contributed by atoms with van der Waals surface area (Å²) in [7, 11) is 0. The van der Waals surface area contributed by atoms with Crippen molar-refractivity contribution in [3.8, 4) is 0 Å². The topological polar surface area (TPSA) is 92.6 Å². The molecule has 3 aromatic heterocycles. The number of H-pyrrole nitrogens is 1. The molecule has 1 N–H and O–H groups in total. The Bertz CT molecular complexity index is 1670. The lowest BCUT2D eigenvalue weighted by molar-refractivity contribution is 0.184. The molecule has 5 rings (SSSR count). The van der Waals surface area contributed by atoms with Gasteiger partial charge >= 0.3 is 0 Å². The minimum atomic E-state index is -0.578. The molecule has 200 valence electrons. The van der Waals surface area contributed by atoms with Crippen molar-refractivity contribution in [2.45, 2.75) is 59.3 Å². The molecule has 0 saturated carbocycles. The molecular formula is C30H32ClN7O. The van der Waals surface area contributed by atoms with Crippen molar-refractivity contribution in [1.82, 2.24) is 35.1 Å². The van der Waals surface area contributed by atoms with E-state index in [2.05, 4.69) is 43.4 Å². The van der Waals surface area contributed by atoms with Crippen molar-refractivity contribution in [2.24, 2.45) is 0 Å². The fraction of sp³-hybridized carbons (Fsp3) is 0.300. The summed E-state index contributed by atoms with van der Waals surface area (Å²) in [5.41, 5.74) is 4.96. The van der Waals surface area contributed by atoms with Gasteiger partial charge in [-0.05, 0) is 103 Å². The highest BCUT2D eigenvalue weighted by Gasteiger charge is 2.34. The van der Waals surface area contributed by atoms with Crippen molar-refractivity contribution in [3.63, 3.8) is 0 Å². The molecule has 0 bridgehead atoms. The molecule has 0 aliphatic rings. The van der Waals surface area contributed by atoms with Gasteiger partial charge in [-0.15, -0.1) is 5.10 Å². The van der Waals surface area contributed by atoms with Crippen LogP contribution < -0.4 is 5.56 Å². The largest absolute Gasteiger partial charge is 0.322 e. The van der Waals surface area contributed by atoms with Gasteiger partial charge in [-0.3, -0.25) is 14.7 Å². The molecule has 0 amide bonds. The molecule has 39 heavy (non-hydrogen) atoms. The van der Waals surface area contributed by atoms with E-state index in [1.54, 1.807) is 10.9 Å². The molecule has 0 fully saturated rings. The van der Waals surface area contributed by atoms with E-state index < -0.39 is 11.6 Å². The van der Waals surface area contributed by atoms with Gasteiger partial charge in [0, 0.05) is 41.6 Å². The fourth-order valence-electron chi connectivity index (χ4n) is 4.85. The summed E-state index contributed by atoms with van der Waals surface area (Å²) in [5.74, 6) is 0.576. The number of nitrogens with one attached hydrogen (secondary N) is 1. The van der Waals surface area contributed by atoms with Gasteiger partial charge in [-0.2, -0.15) is 0 Å². The van der Waals surface area contributed by atoms with E-state index in [-0.39, 0.29) is 5.56 Å². The number of hydrogen-bond donors (Lipinski definition) is 1. The summed E-state index contributed by atoms with van der Waals surface area (Å²) in [5, 5.41) is 14.5. The van der Waals surface area contributed by atoms with E-state index in [1.165, 1.54) is 0 Å². The first-order chi connectivity index (χ1) is 18.6.